The molecule has 0 saturated heterocycles. The molecule has 0 rings (SSSR count). The molecule has 2 unspecified atom stereocenters. The predicted octanol–water partition coefficient (Wildman–Crippen LogP) is 1.74. The van der Waals surface area contributed by atoms with Gasteiger partial charge in [-0.05, 0) is 50.9 Å². The fourth-order valence-electron chi connectivity index (χ4n) is 4.73. The van der Waals surface area contributed by atoms with Crippen LogP contribution in [0, 0.1) is 5.92 Å². The molecular weight excluding hydrogens is 560 g/mol. The second-order valence-corrected chi connectivity index (χ2v) is 12.0. The molecule has 0 aliphatic heterocycles. The van der Waals surface area contributed by atoms with E-state index in [0.717, 1.165) is 51.4 Å². The average Bonchev–Trinajstić information content (AvgIpc) is 2.95. The maximum absolute atomic E-state index is 12.9. The van der Waals surface area contributed by atoms with Crippen molar-refractivity contribution >= 4 is 29.6 Å². The molecule has 0 saturated carbocycles. The summed E-state index contributed by atoms with van der Waals surface area (Å²) in [5, 5.41) is 12.1. The lowest BCUT2D eigenvalue weighted by atomic mass is 10.0. The van der Waals surface area contributed by atoms with Gasteiger partial charge in [0.2, 0.25) is 17.7 Å². The molecule has 2 atom stereocenters. The van der Waals surface area contributed by atoms with Crippen LogP contribution in [-0.2, 0) is 14.4 Å². The van der Waals surface area contributed by atoms with Crippen molar-refractivity contribution in [1.82, 2.24) is 21.3 Å². The molecule has 0 radical (unpaired) electrons. The molecule has 0 fully saturated rings. The summed E-state index contributed by atoms with van der Waals surface area (Å²) in [5.41, 5.74) is 21.3. The van der Waals surface area contributed by atoms with Gasteiger partial charge in [0.1, 0.15) is 6.04 Å². The quantitative estimate of drug-likeness (QED) is 0.0362. The number of hydrogen-bond donors (Lipinski definition) is 8. The zero-order chi connectivity index (χ0) is 33.0. The first-order valence-corrected chi connectivity index (χ1v) is 16.7. The van der Waals surface area contributed by atoms with E-state index in [1.54, 1.807) is 0 Å². The SMILES string of the molecule is CCCCCCCCCC(CC(=O)NCCCCCN=C(N)N)NCC(=O)NC(CC(C)C)C(=O)NCCCCN=C(N)N. The monoisotopic (exact) mass is 625 g/mol. The van der Waals surface area contributed by atoms with E-state index in [1.165, 1.54) is 32.1 Å². The Bertz CT molecular complexity index is 828. The number of carbonyl (C=O) groups is 3. The maximum Gasteiger partial charge on any atom is 0.242 e. The van der Waals surface area contributed by atoms with Gasteiger partial charge in [0.15, 0.2) is 11.9 Å². The van der Waals surface area contributed by atoms with Crippen molar-refractivity contribution in [2.45, 2.75) is 129 Å². The summed E-state index contributed by atoms with van der Waals surface area (Å²) in [6.07, 6.45) is 14.0. The molecule has 0 heterocycles. The zero-order valence-electron chi connectivity index (χ0n) is 27.8. The van der Waals surface area contributed by atoms with Crippen LogP contribution in [0.3, 0.4) is 0 Å². The number of rotatable bonds is 28. The summed E-state index contributed by atoms with van der Waals surface area (Å²) < 4.78 is 0. The molecular formula is C31H64N10O3. The topological polar surface area (TPSA) is 228 Å². The smallest absolute Gasteiger partial charge is 0.242 e. The van der Waals surface area contributed by atoms with Gasteiger partial charge in [-0.3, -0.25) is 24.4 Å². The average molecular weight is 625 g/mol. The Balaban J connectivity index is 4.81. The van der Waals surface area contributed by atoms with Gasteiger partial charge in [-0.2, -0.15) is 0 Å². The molecule has 0 aromatic heterocycles. The van der Waals surface area contributed by atoms with Crippen LogP contribution >= 0.6 is 0 Å². The standard InChI is InChI=1S/C31H64N10O3/c1-4-5-6-7-8-9-11-16-25(22-27(42)36-17-12-10-13-19-38-30(32)33)40-23-28(43)41-26(21-24(2)3)29(44)37-18-14-15-20-39-31(34)35/h24-26,40H,4-23H2,1-3H3,(H,36,42)(H,37,44)(H,41,43)(H4,32,33,38)(H4,34,35,39). The molecule has 3 amide bonds. The molecule has 13 nitrogen and oxygen atoms in total. The molecule has 256 valence electrons. The summed E-state index contributed by atoms with van der Waals surface area (Å²) in [6, 6.07) is -0.750. The van der Waals surface area contributed by atoms with Crippen molar-refractivity contribution in [2.75, 3.05) is 32.7 Å². The number of nitrogens with zero attached hydrogens (tertiary/aromatic N) is 2. The number of nitrogens with one attached hydrogen (secondary N) is 4. The molecule has 0 aromatic carbocycles. The van der Waals surface area contributed by atoms with Crippen LogP contribution in [0.5, 0.6) is 0 Å². The van der Waals surface area contributed by atoms with E-state index in [-0.39, 0.29) is 48.1 Å². The van der Waals surface area contributed by atoms with Crippen molar-refractivity contribution in [3.05, 3.63) is 0 Å². The number of nitrogens with two attached hydrogens (primary N) is 4. The van der Waals surface area contributed by atoms with Crippen LogP contribution in [0.1, 0.15) is 117 Å². The highest BCUT2D eigenvalue weighted by Crippen LogP contribution is 2.12. The van der Waals surface area contributed by atoms with Gasteiger partial charge >= 0.3 is 0 Å². The zero-order valence-corrected chi connectivity index (χ0v) is 27.8. The number of unbranched alkanes of at least 4 members (excludes halogenated alkanes) is 9. The number of aliphatic imine (C=N–C) groups is 2. The molecule has 0 bridgehead atoms. The van der Waals surface area contributed by atoms with Crippen molar-refractivity contribution in [3.8, 4) is 0 Å². The van der Waals surface area contributed by atoms with Crippen LogP contribution < -0.4 is 44.2 Å². The minimum atomic E-state index is -0.626. The van der Waals surface area contributed by atoms with Crippen molar-refractivity contribution in [2.24, 2.45) is 38.8 Å². The van der Waals surface area contributed by atoms with Crippen molar-refractivity contribution < 1.29 is 14.4 Å². The molecule has 44 heavy (non-hydrogen) atoms. The summed E-state index contributed by atoms with van der Waals surface area (Å²) in [6.45, 7) is 8.44. The lowest BCUT2D eigenvalue weighted by molar-refractivity contribution is -0.129. The van der Waals surface area contributed by atoms with Crippen molar-refractivity contribution in [1.29, 1.82) is 0 Å². The molecule has 12 N–H and O–H groups in total. The van der Waals surface area contributed by atoms with Gasteiger partial charge in [-0.15, -0.1) is 0 Å². The lowest BCUT2D eigenvalue weighted by Gasteiger charge is -2.22. The Labute approximate surface area is 266 Å². The minimum absolute atomic E-state index is 0.0352. The number of carbonyl (C=O) groups excluding carboxylic acids is 3. The van der Waals surface area contributed by atoms with Crippen LogP contribution in [0.4, 0.5) is 0 Å². The fourth-order valence-corrected chi connectivity index (χ4v) is 4.73. The molecule has 0 spiro atoms. The largest absolute Gasteiger partial charge is 0.370 e. The first kappa shape index (κ1) is 40.9. The molecule has 13 heteroatoms. The van der Waals surface area contributed by atoms with Gasteiger partial charge < -0.3 is 44.2 Å². The van der Waals surface area contributed by atoms with Gasteiger partial charge in [0, 0.05) is 38.6 Å². The summed E-state index contributed by atoms with van der Waals surface area (Å²) >= 11 is 0. The maximum atomic E-state index is 12.9. The van der Waals surface area contributed by atoms with Crippen LogP contribution in [0.25, 0.3) is 0 Å². The highest BCUT2D eigenvalue weighted by molar-refractivity contribution is 5.88. The van der Waals surface area contributed by atoms with Gasteiger partial charge in [-0.1, -0.05) is 65.7 Å². The third-order valence-electron chi connectivity index (χ3n) is 7.13. The van der Waals surface area contributed by atoms with E-state index in [0.29, 0.717) is 39.0 Å². The third kappa shape index (κ3) is 26.5. The van der Waals surface area contributed by atoms with E-state index in [2.05, 4.69) is 38.2 Å². The Morgan fingerprint density at radius 2 is 1.23 bits per heavy atom. The van der Waals surface area contributed by atoms with Gasteiger partial charge in [0.25, 0.3) is 0 Å². The molecule has 0 aromatic rings. The fraction of sp³-hybridized carbons (Fsp3) is 0.839. The van der Waals surface area contributed by atoms with E-state index in [4.69, 9.17) is 22.9 Å². The van der Waals surface area contributed by atoms with E-state index in [9.17, 15) is 14.4 Å². The lowest BCUT2D eigenvalue weighted by Crippen LogP contribution is -2.50. The first-order chi connectivity index (χ1) is 21.0. The number of amides is 3. The Kier molecular flexibility index (Phi) is 25.5. The predicted molar refractivity (Wildman–Crippen MR) is 181 cm³/mol. The second-order valence-electron chi connectivity index (χ2n) is 12.0. The van der Waals surface area contributed by atoms with Crippen LogP contribution in [0.2, 0.25) is 0 Å². The highest BCUT2D eigenvalue weighted by atomic mass is 16.2. The summed E-state index contributed by atoms with van der Waals surface area (Å²) in [5.74, 6) is -0.124. The Morgan fingerprint density at radius 3 is 1.84 bits per heavy atom. The number of hydrogen-bond acceptors (Lipinski definition) is 6. The summed E-state index contributed by atoms with van der Waals surface area (Å²) in [7, 11) is 0. The molecule has 0 aliphatic rings. The highest BCUT2D eigenvalue weighted by Gasteiger charge is 2.22. The first-order valence-electron chi connectivity index (χ1n) is 16.7. The van der Waals surface area contributed by atoms with Crippen LogP contribution in [0.15, 0.2) is 9.98 Å². The number of guanidine groups is 2. The van der Waals surface area contributed by atoms with Gasteiger partial charge in [-0.25, -0.2) is 0 Å². The summed E-state index contributed by atoms with van der Waals surface area (Å²) in [4.78, 5) is 46.3. The van der Waals surface area contributed by atoms with Gasteiger partial charge in [0.05, 0.1) is 6.54 Å². The minimum Gasteiger partial charge on any atom is -0.370 e. The van der Waals surface area contributed by atoms with E-state index >= 15 is 0 Å². The Hall–Kier alpha value is -3.09. The van der Waals surface area contributed by atoms with E-state index in [1.807, 2.05) is 13.8 Å². The Morgan fingerprint density at radius 1 is 0.682 bits per heavy atom. The normalized spacial score (nSPS) is 12.3. The van der Waals surface area contributed by atoms with Crippen molar-refractivity contribution in [3.63, 3.8) is 0 Å². The molecule has 0 aliphatic carbocycles. The second kappa shape index (κ2) is 27.5. The third-order valence-corrected chi connectivity index (χ3v) is 7.13. The van der Waals surface area contributed by atoms with Crippen LogP contribution in [-0.4, -0.2) is 74.4 Å². The van der Waals surface area contributed by atoms with E-state index < -0.39 is 6.04 Å².